The molecule has 0 aliphatic heterocycles. The van der Waals surface area contributed by atoms with Crippen molar-refractivity contribution in [2.45, 2.75) is 19.1 Å². The van der Waals surface area contributed by atoms with Crippen LogP contribution in [-0.4, -0.2) is 24.4 Å². The van der Waals surface area contributed by atoms with E-state index < -0.39 is 18.3 Å². The highest BCUT2D eigenvalue weighted by Gasteiger charge is 2.24. The van der Waals surface area contributed by atoms with Crippen molar-refractivity contribution >= 4 is 29.3 Å². The molecule has 1 aromatic carbocycles. The minimum Gasteiger partial charge on any atom is -0.439 e. The maximum absolute atomic E-state index is 11.2. The van der Waals surface area contributed by atoms with E-state index in [1.165, 1.54) is 14.0 Å². The van der Waals surface area contributed by atoms with Gasteiger partial charge >= 0.3 is 6.09 Å². The molecule has 1 aromatic rings. The number of aliphatic hydroxyl groups is 1. The Balaban J connectivity index is 3.06. The molecule has 0 aliphatic rings. The first-order valence-electron chi connectivity index (χ1n) is 4.97. The summed E-state index contributed by atoms with van der Waals surface area (Å²) in [7, 11) is 1.43. The van der Waals surface area contributed by atoms with Crippen molar-refractivity contribution in [1.82, 2.24) is 5.32 Å². The maximum Gasteiger partial charge on any atom is 0.407 e. The van der Waals surface area contributed by atoms with Crippen LogP contribution in [0.2, 0.25) is 10.0 Å². The Kier molecular flexibility index (Phi) is 5.05. The monoisotopic (exact) mass is 277 g/mol. The van der Waals surface area contributed by atoms with Crippen molar-refractivity contribution in [3.05, 3.63) is 33.8 Å². The molecule has 2 N–H and O–H groups in total. The van der Waals surface area contributed by atoms with Crippen LogP contribution < -0.4 is 5.32 Å². The van der Waals surface area contributed by atoms with Gasteiger partial charge in [0.2, 0.25) is 0 Å². The van der Waals surface area contributed by atoms with Crippen molar-refractivity contribution in [2.75, 3.05) is 7.05 Å². The fourth-order valence-corrected chi connectivity index (χ4v) is 1.75. The summed E-state index contributed by atoms with van der Waals surface area (Å²) in [5.41, 5.74) is 0.470. The summed E-state index contributed by atoms with van der Waals surface area (Å²) in [4.78, 5) is 11.2. The van der Waals surface area contributed by atoms with Crippen LogP contribution in [0.25, 0.3) is 0 Å². The van der Waals surface area contributed by atoms with Crippen molar-refractivity contribution < 1.29 is 14.6 Å². The SMILES string of the molecule is CNC(=O)O[C@@H](c1cccc(Cl)c1Cl)[C@H](C)O. The molecule has 6 heteroatoms. The zero-order chi connectivity index (χ0) is 13.0. The number of carbonyl (C=O) groups is 1. The number of alkyl carbamates (subject to hydrolysis) is 1. The van der Waals surface area contributed by atoms with Gasteiger partial charge in [0.1, 0.15) is 0 Å². The number of aliphatic hydroxyl groups excluding tert-OH is 1. The second kappa shape index (κ2) is 6.10. The summed E-state index contributed by atoms with van der Waals surface area (Å²) in [6.45, 7) is 1.50. The molecule has 0 fully saturated rings. The Labute approximate surface area is 109 Å². The second-order valence-electron chi connectivity index (χ2n) is 3.46. The van der Waals surface area contributed by atoms with Crippen molar-refractivity contribution in [3.63, 3.8) is 0 Å². The maximum atomic E-state index is 11.2. The Bertz CT molecular complexity index is 410. The Morgan fingerprint density at radius 3 is 2.65 bits per heavy atom. The van der Waals surface area contributed by atoms with Gasteiger partial charge in [-0.15, -0.1) is 0 Å². The van der Waals surface area contributed by atoms with Crippen molar-refractivity contribution in [2.24, 2.45) is 0 Å². The molecule has 17 heavy (non-hydrogen) atoms. The summed E-state index contributed by atoms with van der Waals surface area (Å²) < 4.78 is 5.04. The van der Waals surface area contributed by atoms with Gasteiger partial charge in [-0.1, -0.05) is 35.3 Å². The largest absolute Gasteiger partial charge is 0.439 e. The molecule has 0 saturated carbocycles. The van der Waals surface area contributed by atoms with E-state index in [4.69, 9.17) is 27.9 Å². The normalized spacial score (nSPS) is 13.9. The lowest BCUT2D eigenvalue weighted by Crippen LogP contribution is -2.27. The first-order chi connectivity index (χ1) is 7.97. The van der Waals surface area contributed by atoms with Gasteiger partial charge in [-0.3, -0.25) is 0 Å². The topological polar surface area (TPSA) is 58.6 Å². The van der Waals surface area contributed by atoms with Gasteiger partial charge < -0.3 is 15.2 Å². The first-order valence-corrected chi connectivity index (χ1v) is 5.73. The molecule has 0 spiro atoms. The van der Waals surface area contributed by atoms with Gasteiger partial charge in [-0.2, -0.15) is 0 Å². The van der Waals surface area contributed by atoms with Crippen LogP contribution in [-0.2, 0) is 4.74 Å². The lowest BCUT2D eigenvalue weighted by Gasteiger charge is -2.21. The predicted molar refractivity (Wildman–Crippen MR) is 66.4 cm³/mol. The van der Waals surface area contributed by atoms with Crippen molar-refractivity contribution in [1.29, 1.82) is 0 Å². The average Bonchev–Trinajstić information content (AvgIpc) is 2.29. The first kappa shape index (κ1) is 14.1. The summed E-state index contributed by atoms with van der Waals surface area (Å²) in [6, 6.07) is 4.94. The third kappa shape index (κ3) is 3.49. The van der Waals surface area contributed by atoms with Crippen LogP contribution in [0, 0.1) is 0 Å². The third-order valence-corrected chi connectivity index (χ3v) is 3.00. The van der Waals surface area contributed by atoms with Gasteiger partial charge in [0.05, 0.1) is 16.1 Å². The Morgan fingerprint density at radius 2 is 2.12 bits per heavy atom. The minimum absolute atomic E-state index is 0.268. The molecule has 1 rings (SSSR count). The minimum atomic E-state index is -0.900. The van der Waals surface area contributed by atoms with Crippen LogP contribution in [0.3, 0.4) is 0 Å². The van der Waals surface area contributed by atoms with Crippen LogP contribution in [0.5, 0.6) is 0 Å². The van der Waals surface area contributed by atoms with Gasteiger partial charge in [0.25, 0.3) is 0 Å². The smallest absolute Gasteiger partial charge is 0.407 e. The molecule has 0 bridgehead atoms. The fourth-order valence-electron chi connectivity index (χ4n) is 1.34. The van der Waals surface area contributed by atoms with Crippen LogP contribution in [0.4, 0.5) is 4.79 Å². The van der Waals surface area contributed by atoms with Gasteiger partial charge in [-0.25, -0.2) is 4.79 Å². The van der Waals surface area contributed by atoms with Crippen LogP contribution in [0.15, 0.2) is 18.2 Å². The number of rotatable bonds is 3. The predicted octanol–water partition coefficient (Wildman–Crippen LogP) is 2.77. The number of ether oxygens (including phenoxy) is 1. The molecular weight excluding hydrogens is 265 g/mol. The molecule has 0 radical (unpaired) electrons. The number of halogens is 2. The fraction of sp³-hybridized carbons (Fsp3) is 0.364. The highest BCUT2D eigenvalue weighted by Crippen LogP contribution is 2.33. The molecule has 0 saturated heterocycles. The highest BCUT2D eigenvalue weighted by molar-refractivity contribution is 6.42. The molecule has 0 heterocycles. The zero-order valence-electron chi connectivity index (χ0n) is 9.41. The molecule has 1 amide bonds. The highest BCUT2D eigenvalue weighted by atomic mass is 35.5. The molecule has 0 aliphatic carbocycles. The molecular formula is C11H13Cl2NO3. The second-order valence-corrected chi connectivity index (χ2v) is 4.24. The Morgan fingerprint density at radius 1 is 1.47 bits per heavy atom. The van der Waals surface area contributed by atoms with E-state index in [-0.39, 0.29) is 5.02 Å². The lowest BCUT2D eigenvalue weighted by molar-refractivity contribution is 0.0115. The van der Waals surface area contributed by atoms with Crippen LogP contribution in [0.1, 0.15) is 18.6 Å². The number of nitrogens with one attached hydrogen (secondary N) is 1. The average molecular weight is 278 g/mol. The molecule has 0 unspecified atom stereocenters. The zero-order valence-corrected chi connectivity index (χ0v) is 10.9. The summed E-state index contributed by atoms with van der Waals surface area (Å²) in [5.74, 6) is 0. The summed E-state index contributed by atoms with van der Waals surface area (Å²) in [6.07, 6.45) is -2.41. The molecule has 94 valence electrons. The van der Waals surface area contributed by atoms with Gasteiger partial charge in [-0.05, 0) is 13.0 Å². The molecule has 4 nitrogen and oxygen atoms in total. The summed E-state index contributed by atoms with van der Waals surface area (Å²) in [5, 5.41) is 12.5. The molecule has 2 atom stereocenters. The van der Waals surface area contributed by atoms with E-state index in [2.05, 4.69) is 5.32 Å². The number of amides is 1. The molecule has 0 aromatic heterocycles. The van der Waals surface area contributed by atoms with E-state index in [1.54, 1.807) is 18.2 Å². The Hall–Kier alpha value is -0.970. The van der Waals surface area contributed by atoms with E-state index in [0.717, 1.165) is 0 Å². The van der Waals surface area contributed by atoms with Crippen molar-refractivity contribution in [3.8, 4) is 0 Å². The number of hydrogen-bond acceptors (Lipinski definition) is 3. The van der Waals surface area contributed by atoms with Gasteiger partial charge in [0, 0.05) is 12.6 Å². The number of hydrogen-bond donors (Lipinski definition) is 2. The van der Waals surface area contributed by atoms with E-state index in [0.29, 0.717) is 10.6 Å². The quantitative estimate of drug-likeness (QED) is 0.893. The summed E-state index contributed by atoms with van der Waals surface area (Å²) >= 11 is 11.9. The lowest BCUT2D eigenvalue weighted by atomic mass is 10.1. The van der Waals surface area contributed by atoms with E-state index >= 15 is 0 Å². The van der Waals surface area contributed by atoms with Gasteiger partial charge in [0.15, 0.2) is 6.10 Å². The van der Waals surface area contributed by atoms with Crippen LogP contribution >= 0.6 is 23.2 Å². The third-order valence-electron chi connectivity index (χ3n) is 2.16. The van der Waals surface area contributed by atoms with E-state index in [1.807, 2.05) is 0 Å². The standard InChI is InChI=1S/C11H13Cl2NO3/c1-6(15)10(17-11(16)14-2)7-4-3-5-8(12)9(7)13/h3-6,10,15H,1-2H3,(H,14,16)/t6-,10+/m0/s1. The van der Waals surface area contributed by atoms with E-state index in [9.17, 15) is 9.90 Å². The number of benzene rings is 1. The number of carbonyl (C=O) groups excluding carboxylic acids is 1.